The lowest BCUT2D eigenvalue weighted by Crippen LogP contribution is -1.94. The molecule has 0 aliphatic heterocycles. The van der Waals surface area contributed by atoms with Gasteiger partial charge in [-0.2, -0.15) is 0 Å². The van der Waals surface area contributed by atoms with E-state index in [0.29, 0.717) is 0 Å². The first-order valence-corrected chi connectivity index (χ1v) is 5.50. The average molecular weight is 262 g/mol. The monoisotopic (exact) mass is 262 g/mol. The highest BCUT2D eigenvalue weighted by Gasteiger charge is 2.06. The Bertz CT molecular complexity index is 630. The Morgan fingerprint density at radius 2 is 1.63 bits per heavy atom. The Morgan fingerprint density at radius 1 is 0.947 bits per heavy atom. The second-order valence-electron chi connectivity index (χ2n) is 3.85. The maximum Gasteiger partial charge on any atom is 0.185 e. The van der Waals surface area contributed by atoms with Crippen LogP contribution in [0.5, 0.6) is 0 Å². The summed E-state index contributed by atoms with van der Waals surface area (Å²) in [5.41, 5.74) is 0.255. The van der Waals surface area contributed by atoms with Crippen molar-refractivity contribution in [2.75, 3.05) is 0 Å². The fourth-order valence-corrected chi connectivity index (χ4v) is 1.53. The van der Waals surface area contributed by atoms with Crippen LogP contribution in [0.15, 0.2) is 48.5 Å². The van der Waals surface area contributed by atoms with Crippen LogP contribution in [0.25, 0.3) is 6.08 Å². The molecule has 0 saturated carbocycles. The van der Waals surface area contributed by atoms with Crippen molar-refractivity contribution in [3.8, 4) is 0 Å². The lowest BCUT2D eigenvalue weighted by atomic mass is 10.1. The Labute approximate surface area is 108 Å². The van der Waals surface area contributed by atoms with Gasteiger partial charge in [-0.3, -0.25) is 4.79 Å². The molecule has 0 fully saturated rings. The molecule has 0 heterocycles. The van der Waals surface area contributed by atoms with Crippen LogP contribution in [0, 0.1) is 17.5 Å². The smallest absolute Gasteiger partial charge is 0.185 e. The predicted octanol–water partition coefficient (Wildman–Crippen LogP) is 4.00. The molecule has 0 N–H and O–H groups in total. The minimum Gasteiger partial charge on any atom is -0.289 e. The summed E-state index contributed by atoms with van der Waals surface area (Å²) >= 11 is 0. The first kappa shape index (κ1) is 13.1. The highest BCUT2D eigenvalue weighted by atomic mass is 19.2. The fraction of sp³-hybridized carbons (Fsp3) is 0. The van der Waals surface area contributed by atoms with Gasteiger partial charge in [0, 0.05) is 11.1 Å². The second-order valence-corrected chi connectivity index (χ2v) is 3.85. The highest BCUT2D eigenvalue weighted by Crippen LogP contribution is 2.13. The van der Waals surface area contributed by atoms with Gasteiger partial charge in [0.2, 0.25) is 0 Å². The molecule has 0 unspecified atom stereocenters. The molecule has 96 valence electrons. The maximum absolute atomic E-state index is 13.3. The van der Waals surface area contributed by atoms with E-state index in [1.54, 1.807) is 0 Å². The highest BCUT2D eigenvalue weighted by molar-refractivity contribution is 6.06. The van der Waals surface area contributed by atoms with E-state index in [4.69, 9.17) is 0 Å². The van der Waals surface area contributed by atoms with Crippen molar-refractivity contribution in [2.45, 2.75) is 0 Å². The van der Waals surface area contributed by atoms with Crippen molar-refractivity contribution in [1.29, 1.82) is 0 Å². The number of carbonyl (C=O) groups is 1. The Balaban J connectivity index is 2.21. The number of carbonyl (C=O) groups excluding carboxylic acids is 1. The first-order chi connectivity index (χ1) is 9.08. The van der Waals surface area contributed by atoms with Crippen LogP contribution < -0.4 is 0 Å². The molecule has 0 amide bonds. The number of allylic oxidation sites excluding steroid dienone is 1. The van der Waals surface area contributed by atoms with Crippen LogP contribution >= 0.6 is 0 Å². The van der Waals surface area contributed by atoms with Crippen molar-refractivity contribution in [3.05, 3.63) is 77.1 Å². The molecule has 0 radical (unpaired) electrons. The largest absolute Gasteiger partial charge is 0.289 e. The van der Waals surface area contributed by atoms with E-state index >= 15 is 0 Å². The predicted molar refractivity (Wildman–Crippen MR) is 66.1 cm³/mol. The van der Waals surface area contributed by atoms with Crippen molar-refractivity contribution in [1.82, 2.24) is 0 Å². The third-order valence-electron chi connectivity index (χ3n) is 2.52. The molecule has 0 bridgehead atoms. The van der Waals surface area contributed by atoms with Gasteiger partial charge in [0.25, 0.3) is 0 Å². The van der Waals surface area contributed by atoms with Gasteiger partial charge in [0.15, 0.2) is 17.4 Å². The molecule has 0 aliphatic carbocycles. The molecular formula is C15H9F3O. The quantitative estimate of drug-likeness (QED) is 0.603. The normalized spacial score (nSPS) is 10.9. The number of ketones is 1. The summed E-state index contributed by atoms with van der Waals surface area (Å²) < 4.78 is 38.9. The minimum atomic E-state index is -1.01. The zero-order chi connectivity index (χ0) is 13.8. The van der Waals surface area contributed by atoms with Gasteiger partial charge in [0.05, 0.1) is 0 Å². The van der Waals surface area contributed by atoms with Crippen molar-refractivity contribution in [2.24, 2.45) is 0 Å². The van der Waals surface area contributed by atoms with Crippen molar-refractivity contribution < 1.29 is 18.0 Å². The van der Waals surface area contributed by atoms with E-state index in [1.165, 1.54) is 30.3 Å². The third-order valence-corrected chi connectivity index (χ3v) is 2.52. The zero-order valence-corrected chi connectivity index (χ0v) is 9.74. The maximum atomic E-state index is 13.3. The van der Waals surface area contributed by atoms with Gasteiger partial charge in [-0.1, -0.05) is 12.1 Å². The molecule has 2 aromatic rings. The molecule has 0 saturated heterocycles. The molecule has 0 atom stereocenters. The molecular weight excluding hydrogens is 253 g/mol. The lowest BCUT2D eigenvalue weighted by Gasteiger charge is -1.98. The Hall–Kier alpha value is -2.36. The second kappa shape index (κ2) is 5.52. The van der Waals surface area contributed by atoms with Gasteiger partial charge < -0.3 is 0 Å². The summed E-state index contributed by atoms with van der Waals surface area (Å²) in [6.07, 6.45) is 2.30. The molecule has 0 aromatic heterocycles. The van der Waals surface area contributed by atoms with Gasteiger partial charge in [0.1, 0.15) is 5.82 Å². The number of benzene rings is 2. The SMILES string of the molecule is O=C(/C=C/c1cccc(F)c1F)c1ccc(F)cc1. The van der Waals surface area contributed by atoms with Gasteiger partial charge >= 0.3 is 0 Å². The number of halogens is 3. The van der Waals surface area contributed by atoms with Crippen LogP contribution in [-0.2, 0) is 0 Å². The van der Waals surface area contributed by atoms with E-state index < -0.39 is 23.2 Å². The summed E-state index contributed by atoms with van der Waals surface area (Å²) in [6.45, 7) is 0. The number of rotatable bonds is 3. The van der Waals surface area contributed by atoms with E-state index in [-0.39, 0.29) is 11.1 Å². The molecule has 1 nitrogen and oxygen atoms in total. The molecule has 2 aromatic carbocycles. The van der Waals surface area contributed by atoms with Crippen molar-refractivity contribution >= 4 is 11.9 Å². The average Bonchev–Trinajstić information content (AvgIpc) is 2.41. The molecule has 19 heavy (non-hydrogen) atoms. The van der Waals surface area contributed by atoms with Gasteiger partial charge in [-0.15, -0.1) is 0 Å². The molecule has 0 spiro atoms. The summed E-state index contributed by atoms with van der Waals surface area (Å²) in [7, 11) is 0. The number of hydrogen-bond acceptors (Lipinski definition) is 1. The van der Waals surface area contributed by atoms with Crippen LogP contribution in [0.3, 0.4) is 0 Å². The zero-order valence-electron chi connectivity index (χ0n) is 9.74. The van der Waals surface area contributed by atoms with Crippen molar-refractivity contribution in [3.63, 3.8) is 0 Å². The molecule has 0 aliphatic rings. The first-order valence-electron chi connectivity index (χ1n) is 5.50. The fourth-order valence-electron chi connectivity index (χ4n) is 1.53. The third kappa shape index (κ3) is 3.10. The standard InChI is InChI=1S/C15H9F3O/c16-12-7-4-10(5-8-12)14(19)9-6-11-2-1-3-13(17)15(11)18/h1-9H/b9-6+. The van der Waals surface area contributed by atoms with E-state index in [0.717, 1.165) is 24.3 Å². The summed E-state index contributed by atoms with van der Waals surface area (Å²) in [5.74, 6) is -2.84. The summed E-state index contributed by atoms with van der Waals surface area (Å²) in [5, 5.41) is 0. The topological polar surface area (TPSA) is 17.1 Å². The Kier molecular flexibility index (Phi) is 3.80. The minimum absolute atomic E-state index is 0.0181. The van der Waals surface area contributed by atoms with Crippen LogP contribution in [0.4, 0.5) is 13.2 Å². The molecule has 2 rings (SSSR count). The van der Waals surface area contributed by atoms with E-state index in [1.807, 2.05) is 0 Å². The van der Waals surface area contributed by atoms with E-state index in [9.17, 15) is 18.0 Å². The van der Waals surface area contributed by atoms with Crippen LogP contribution in [0.2, 0.25) is 0 Å². The summed E-state index contributed by atoms with van der Waals surface area (Å²) in [6, 6.07) is 8.66. The van der Waals surface area contributed by atoms with Crippen LogP contribution in [0.1, 0.15) is 15.9 Å². The van der Waals surface area contributed by atoms with Gasteiger partial charge in [-0.25, -0.2) is 13.2 Å². The summed E-state index contributed by atoms with van der Waals surface area (Å²) in [4.78, 5) is 11.7. The lowest BCUT2D eigenvalue weighted by molar-refractivity contribution is 0.104. The molecule has 4 heteroatoms. The Morgan fingerprint density at radius 3 is 2.32 bits per heavy atom. The van der Waals surface area contributed by atoms with Crippen LogP contribution in [-0.4, -0.2) is 5.78 Å². The van der Waals surface area contributed by atoms with Gasteiger partial charge in [-0.05, 0) is 42.5 Å². The number of hydrogen-bond donors (Lipinski definition) is 0. The van der Waals surface area contributed by atoms with E-state index in [2.05, 4.69) is 0 Å².